The number of hydrogen-bond donors (Lipinski definition) is 2. The third-order valence-corrected chi connectivity index (χ3v) is 6.39. The van der Waals surface area contributed by atoms with E-state index in [2.05, 4.69) is 24.5 Å². The van der Waals surface area contributed by atoms with Gasteiger partial charge in [0, 0.05) is 18.0 Å². The van der Waals surface area contributed by atoms with E-state index in [1.165, 1.54) is 12.1 Å². The molecule has 0 spiro atoms. The Hall–Kier alpha value is -2.93. The average molecular weight is 457 g/mol. The van der Waals surface area contributed by atoms with Crippen LogP contribution in [0, 0.1) is 12.8 Å². The number of benzene rings is 2. The normalized spacial score (nSPS) is 12.6. The van der Waals surface area contributed by atoms with Crippen LogP contribution in [0.25, 0.3) is 0 Å². The molecule has 2 N–H and O–H groups in total. The Morgan fingerprint density at radius 3 is 2.25 bits per heavy atom. The maximum atomic E-state index is 12.7. The fourth-order valence-electron chi connectivity index (χ4n) is 3.01. The van der Waals surface area contributed by atoms with Gasteiger partial charge in [0.1, 0.15) is 6.04 Å². The van der Waals surface area contributed by atoms with Gasteiger partial charge in [-0.25, -0.2) is 8.42 Å². The zero-order valence-corrected chi connectivity index (χ0v) is 19.7. The van der Waals surface area contributed by atoms with Gasteiger partial charge < -0.3 is 10.6 Å². The van der Waals surface area contributed by atoms with E-state index in [9.17, 15) is 18.0 Å². The van der Waals surface area contributed by atoms with Crippen molar-refractivity contribution in [3.05, 3.63) is 77.2 Å². The van der Waals surface area contributed by atoms with Crippen LogP contribution < -0.4 is 10.6 Å². The van der Waals surface area contributed by atoms with Gasteiger partial charge in [-0.1, -0.05) is 61.9 Å². The summed E-state index contributed by atoms with van der Waals surface area (Å²) in [6.45, 7) is 6.52. The predicted octanol–water partition coefficient (Wildman–Crippen LogP) is 3.56. The highest BCUT2D eigenvalue weighted by atomic mass is 32.2. The quantitative estimate of drug-likeness (QED) is 0.506. The number of nitrogens with one attached hydrogen (secondary N) is 2. The second-order valence-corrected chi connectivity index (χ2v) is 10.1. The molecule has 2 aromatic rings. The first-order valence-corrected chi connectivity index (χ1v) is 12.3. The summed E-state index contributed by atoms with van der Waals surface area (Å²) in [7, 11) is -3.75. The first-order valence-electron chi connectivity index (χ1n) is 10.8. The van der Waals surface area contributed by atoms with Gasteiger partial charge in [-0.15, -0.1) is 0 Å². The second-order valence-electron chi connectivity index (χ2n) is 8.22. The summed E-state index contributed by atoms with van der Waals surface area (Å²) in [6.07, 6.45) is 2.81. The van der Waals surface area contributed by atoms with Crippen molar-refractivity contribution >= 4 is 21.7 Å². The monoisotopic (exact) mass is 456 g/mol. The van der Waals surface area contributed by atoms with Gasteiger partial charge in [0.2, 0.25) is 11.8 Å². The maximum absolute atomic E-state index is 12.7. The van der Waals surface area contributed by atoms with Crippen molar-refractivity contribution in [2.45, 2.75) is 51.0 Å². The number of rotatable bonds is 11. The van der Waals surface area contributed by atoms with Crippen LogP contribution in [-0.4, -0.2) is 32.8 Å². The average Bonchev–Trinajstić information content (AvgIpc) is 2.76. The standard InChI is InChI=1S/C25H32N2O4S/c1-19(2)15-17-26-25(29)23(14-11-21-7-5-4-6-8-21)27-24(28)16-18-32(30,31)22-12-9-20(3)10-13-22/h4-10,12-13,16,18-19,23H,11,14-15,17H2,1-3H3,(H,26,29)(H,27,28)/t23-/m0/s1. The molecule has 0 bridgehead atoms. The lowest BCUT2D eigenvalue weighted by Gasteiger charge is -2.18. The Morgan fingerprint density at radius 1 is 0.969 bits per heavy atom. The van der Waals surface area contributed by atoms with E-state index < -0.39 is 21.8 Å². The third-order valence-electron chi connectivity index (χ3n) is 4.97. The summed E-state index contributed by atoms with van der Waals surface area (Å²) >= 11 is 0. The molecule has 0 heterocycles. The van der Waals surface area contributed by atoms with Crippen molar-refractivity contribution in [1.82, 2.24) is 10.6 Å². The van der Waals surface area contributed by atoms with E-state index in [1.54, 1.807) is 12.1 Å². The molecule has 6 nitrogen and oxygen atoms in total. The van der Waals surface area contributed by atoms with Crippen molar-refractivity contribution in [3.63, 3.8) is 0 Å². The third kappa shape index (κ3) is 8.67. The summed E-state index contributed by atoms with van der Waals surface area (Å²) < 4.78 is 24.9. The summed E-state index contributed by atoms with van der Waals surface area (Å²) in [6, 6.07) is 15.3. The van der Waals surface area contributed by atoms with E-state index >= 15 is 0 Å². The number of aryl methyl sites for hydroxylation is 2. The maximum Gasteiger partial charge on any atom is 0.245 e. The van der Waals surface area contributed by atoms with Crippen molar-refractivity contribution in [2.24, 2.45) is 5.92 Å². The lowest BCUT2D eigenvalue weighted by Crippen LogP contribution is -2.47. The highest BCUT2D eigenvalue weighted by Gasteiger charge is 2.20. The first-order chi connectivity index (χ1) is 15.2. The molecule has 0 radical (unpaired) electrons. The van der Waals surface area contributed by atoms with Gasteiger partial charge in [0.15, 0.2) is 9.84 Å². The minimum Gasteiger partial charge on any atom is -0.354 e. The second kappa shape index (κ2) is 12.2. The lowest BCUT2D eigenvalue weighted by molar-refractivity contribution is -0.127. The van der Waals surface area contributed by atoms with Gasteiger partial charge in [-0.3, -0.25) is 9.59 Å². The Balaban J connectivity index is 2.05. The molecule has 7 heteroatoms. The van der Waals surface area contributed by atoms with Crippen LogP contribution in [0.5, 0.6) is 0 Å². The smallest absolute Gasteiger partial charge is 0.245 e. The van der Waals surface area contributed by atoms with Crippen molar-refractivity contribution in [1.29, 1.82) is 0 Å². The van der Waals surface area contributed by atoms with E-state index in [1.807, 2.05) is 37.3 Å². The number of carbonyl (C=O) groups excluding carboxylic acids is 2. The fraction of sp³-hybridized carbons (Fsp3) is 0.360. The zero-order chi connectivity index (χ0) is 23.6. The van der Waals surface area contributed by atoms with E-state index in [0.29, 0.717) is 25.3 Å². The molecule has 2 rings (SSSR count). The van der Waals surface area contributed by atoms with Gasteiger partial charge >= 0.3 is 0 Å². The van der Waals surface area contributed by atoms with Gasteiger partial charge in [0.05, 0.1) is 4.90 Å². The summed E-state index contributed by atoms with van der Waals surface area (Å²) in [5, 5.41) is 6.39. The number of amides is 2. The van der Waals surface area contributed by atoms with Crippen LogP contribution in [0.15, 0.2) is 71.0 Å². The van der Waals surface area contributed by atoms with Crippen LogP contribution in [0.3, 0.4) is 0 Å². The highest BCUT2D eigenvalue weighted by Crippen LogP contribution is 2.13. The Bertz CT molecular complexity index is 1010. The molecule has 32 heavy (non-hydrogen) atoms. The highest BCUT2D eigenvalue weighted by molar-refractivity contribution is 7.94. The van der Waals surface area contributed by atoms with E-state index in [4.69, 9.17) is 0 Å². The van der Waals surface area contributed by atoms with Gasteiger partial charge in [0.25, 0.3) is 0 Å². The van der Waals surface area contributed by atoms with E-state index in [0.717, 1.165) is 29.0 Å². The zero-order valence-electron chi connectivity index (χ0n) is 18.9. The Kier molecular flexibility index (Phi) is 9.65. The number of sulfone groups is 1. The van der Waals surface area contributed by atoms with Gasteiger partial charge in [-0.2, -0.15) is 0 Å². The first kappa shape index (κ1) is 25.3. The summed E-state index contributed by atoms with van der Waals surface area (Å²) in [5.41, 5.74) is 2.00. The topological polar surface area (TPSA) is 92.3 Å². The van der Waals surface area contributed by atoms with Crippen molar-refractivity contribution < 1.29 is 18.0 Å². The van der Waals surface area contributed by atoms with Crippen LogP contribution in [0.2, 0.25) is 0 Å². The number of hydrogen-bond acceptors (Lipinski definition) is 4. The van der Waals surface area contributed by atoms with Crippen LogP contribution in [0.4, 0.5) is 0 Å². The minimum absolute atomic E-state index is 0.110. The van der Waals surface area contributed by atoms with E-state index in [-0.39, 0.29) is 10.8 Å². The molecule has 0 aliphatic carbocycles. The summed E-state index contributed by atoms with van der Waals surface area (Å²) in [5.74, 6) is -0.454. The molecule has 1 atom stereocenters. The molecular formula is C25H32N2O4S. The molecule has 2 amide bonds. The molecule has 0 fully saturated rings. The Morgan fingerprint density at radius 2 is 1.62 bits per heavy atom. The van der Waals surface area contributed by atoms with Gasteiger partial charge in [-0.05, 0) is 49.8 Å². The molecule has 0 unspecified atom stereocenters. The molecular weight excluding hydrogens is 424 g/mol. The fourth-order valence-corrected chi connectivity index (χ4v) is 3.98. The summed E-state index contributed by atoms with van der Waals surface area (Å²) in [4.78, 5) is 25.2. The molecule has 2 aromatic carbocycles. The molecule has 0 aromatic heterocycles. The Labute approximate surface area is 191 Å². The molecule has 0 saturated heterocycles. The van der Waals surface area contributed by atoms with Crippen molar-refractivity contribution in [2.75, 3.05) is 6.54 Å². The molecule has 172 valence electrons. The number of carbonyl (C=O) groups is 2. The SMILES string of the molecule is Cc1ccc(S(=O)(=O)C=CC(=O)N[C@@H](CCc2ccccc2)C(=O)NCCC(C)C)cc1. The molecule has 0 saturated carbocycles. The lowest BCUT2D eigenvalue weighted by atomic mass is 10.0. The van der Waals surface area contributed by atoms with Crippen LogP contribution >= 0.6 is 0 Å². The molecule has 0 aliphatic heterocycles. The predicted molar refractivity (Wildman–Crippen MR) is 127 cm³/mol. The molecule has 0 aliphatic rings. The largest absolute Gasteiger partial charge is 0.354 e. The van der Waals surface area contributed by atoms with Crippen molar-refractivity contribution in [3.8, 4) is 0 Å². The minimum atomic E-state index is -3.75. The van der Waals surface area contributed by atoms with Crippen LogP contribution in [0.1, 0.15) is 37.8 Å². The van der Waals surface area contributed by atoms with Crippen LogP contribution in [-0.2, 0) is 25.8 Å².